The van der Waals surface area contributed by atoms with E-state index in [1.54, 1.807) is 24.3 Å². The van der Waals surface area contributed by atoms with Crippen molar-refractivity contribution < 1.29 is 14.6 Å². The second kappa shape index (κ2) is 6.11. The van der Waals surface area contributed by atoms with Crippen molar-refractivity contribution in [2.24, 2.45) is 21.7 Å². The first-order valence-electron chi connectivity index (χ1n) is 4.65. The van der Waals surface area contributed by atoms with Gasteiger partial charge < -0.3 is 21.3 Å². The van der Waals surface area contributed by atoms with Gasteiger partial charge >= 0.3 is 5.97 Å². The first-order chi connectivity index (χ1) is 8.09. The summed E-state index contributed by atoms with van der Waals surface area (Å²) in [5.41, 5.74) is 10.8. The number of guanidine groups is 1. The first kappa shape index (κ1) is 12.5. The number of carboxylic acids is 1. The van der Waals surface area contributed by atoms with Crippen LogP contribution in [0.4, 0.5) is 0 Å². The van der Waals surface area contributed by atoms with Gasteiger partial charge in [-0.1, -0.05) is 12.1 Å². The first-order valence-corrected chi connectivity index (χ1v) is 4.65. The Hall–Kier alpha value is -2.57. The van der Waals surface area contributed by atoms with E-state index in [0.717, 1.165) is 0 Å². The lowest BCUT2D eigenvalue weighted by atomic mass is 10.2. The molecular formula is C10H12N4O3. The molecule has 0 radical (unpaired) electrons. The van der Waals surface area contributed by atoms with Crippen LogP contribution in [0.3, 0.4) is 0 Å². The largest absolute Gasteiger partial charge is 0.481 e. The van der Waals surface area contributed by atoms with Gasteiger partial charge in [0.2, 0.25) is 5.96 Å². The van der Waals surface area contributed by atoms with E-state index >= 15 is 0 Å². The number of hydrogen-bond acceptors (Lipinski definition) is 4. The number of benzene rings is 1. The molecule has 1 rings (SSSR count). The highest BCUT2D eigenvalue weighted by Crippen LogP contribution is 2.15. The van der Waals surface area contributed by atoms with Gasteiger partial charge in [-0.15, -0.1) is 5.10 Å². The van der Waals surface area contributed by atoms with Crippen LogP contribution < -0.4 is 16.2 Å². The summed E-state index contributed by atoms with van der Waals surface area (Å²) in [6.07, 6.45) is 1.37. The molecule has 0 bridgehead atoms. The number of aliphatic carboxylic acids is 1. The molecule has 0 aliphatic heterocycles. The van der Waals surface area contributed by atoms with Crippen molar-refractivity contribution >= 4 is 18.1 Å². The smallest absolute Gasteiger partial charge is 0.341 e. The molecule has 0 saturated heterocycles. The summed E-state index contributed by atoms with van der Waals surface area (Å²) in [7, 11) is 0. The number of nitrogens with zero attached hydrogens (tertiary/aromatic N) is 2. The van der Waals surface area contributed by atoms with E-state index < -0.39 is 12.6 Å². The van der Waals surface area contributed by atoms with E-state index in [4.69, 9.17) is 21.3 Å². The number of hydrogen-bond donors (Lipinski definition) is 3. The Morgan fingerprint density at radius 1 is 1.41 bits per heavy atom. The minimum Gasteiger partial charge on any atom is -0.481 e. The minimum absolute atomic E-state index is 0.162. The van der Waals surface area contributed by atoms with Crippen molar-refractivity contribution in [2.45, 2.75) is 0 Å². The van der Waals surface area contributed by atoms with E-state index in [-0.39, 0.29) is 5.96 Å². The molecule has 0 fully saturated rings. The number of carboxylic acid groups (broad SMARTS) is 1. The van der Waals surface area contributed by atoms with Crippen molar-refractivity contribution in [3.8, 4) is 5.75 Å². The summed E-state index contributed by atoms with van der Waals surface area (Å²) >= 11 is 0. The molecule has 0 heterocycles. The molecule has 5 N–H and O–H groups in total. The van der Waals surface area contributed by atoms with Gasteiger partial charge in [0.25, 0.3) is 0 Å². The van der Waals surface area contributed by atoms with E-state index in [2.05, 4.69) is 10.2 Å². The fourth-order valence-electron chi connectivity index (χ4n) is 1.02. The van der Waals surface area contributed by atoms with Gasteiger partial charge in [0.1, 0.15) is 5.75 Å². The second-order valence-electron chi connectivity index (χ2n) is 2.99. The lowest BCUT2D eigenvalue weighted by molar-refractivity contribution is -0.139. The summed E-state index contributed by atoms with van der Waals surface area (Å²) in [5.74, 6) is -0.824. The molecule has 0 aromatic heterocycles. The highest BCUT2D eigenvalue weighted by atomic mass is 16.5. The normalized spacial score (nSPS) is 10.1. The molecule has 1 aromatic rings. The van der Waals surface area contributed by atoms with Crippen molar-refractivity contribution in [3.05, 3.63) is 29.8 Å². The molecule has 0 amide bonds. The molecule has 0 saturated carbocycles. The summed E-state index contributed by atoms with van der Waals surface area (Å²) < 4.78 is 5.05. The topological polar surface area (TPSA) is 123 Å². The van der Waals surface area contributed by atoms with Crippen molar-refractivity contribution in [1.82, 2.24) is 0 Å². The van der Waals surface area contributed by atoms with E-state index in [1.807, 2.05) is 0 Å². The molecule has 0 unspecified atom stereocenters. The monoisotopic (exact) mass is 236 g/mol. The molecule has 7 heteroatoms. The van der Waals surface area contributed by atoms with E-state index in [9.17, 15) is 4.79 Å². The third-order valence-corrected chi connectivity index (χ3v) is 1.64. The highest BCUT2D eigenvalue weighted by molar-refractivity contribution is 5.84. The Bertz CT molecular complexity index is 453. The third kappa shape index (κ3) is 4.65. The van der Waals surface area contributed by atoms with E-state index in [1.165, 1.54) is 6.21 Å². The highest BCUT2D eigenvalue weighted by Gasteiger charge is 2.03. The van der Waals surface area contributed by atoms with Gasteiger partial charge in [-0.25, -0.2) is 4.79 Å². The minimum atomic E-state index is -1.05. The van der Waals surface area contributed by atoms with Gasteiger partial charge in [-0.2, -0.15) is 5.10 Å². The Morgan fingerprint density at radius 2 is 2.12 bits per heavy atom. The fourth-order valence-corrected chi connectivity index (χ4v) is 1.02. The molecule has 0 aliphatic rings. The number of para-hydroxylation sites is 1. The number of ether oxygens (including phenoxy) is 1. The maximum Gasteiger partial charge on any atom is 0.341 e. The Labute approximate surface area is 97.4 Å². The lowest BCUT2D eigenvalue weighted by Gasteiger charge is -2.05. The number of rotatable bonds is 5. The van der Waals surface area contributed by atoms with Crippen molar-refractivity contribution in [2.75, 3.05) is 6.61 Å². The van der Waals surface area contributed by atoms with Gasteiger partial charge in [-0.05, 0) is 12.1 Å². The Balaban J connectivity index is 2.80. The van der Waals surface area contributed by atoms with Crippen LogP contribution in [0.1, 0.15) is 5.56 Å². The molecule has 0 aliphatic carbocycles. The average Bonchev–Trinajstić information content (AvgIpc) is 2.27. The Kier molecular flexibility index (Phi) is 4.49. The molecule has 17 heavy (non-hydrogen) atoms. The van der Waals surface area contributed by atoms with Crippen LogP contribution in [-0.2, 0) is 4.79 Å². The maximum atomic E-state index is 10.4. The van der Waals surface area contributed by atoms with E-state index in [0.29, 0.717) is 11.3 Å². The second-order valence-corrected chi connectivity index (χ2v) is 2.99. The van der Waals surface area contributed by atoms with Crippen LogP contribution in [0.15, 0.2) is 34.5 Å². The van der Waals surface area contributed by atoms with Crippen LogP contribution in [-0.4, -0.2) is 29.9 Å². The molecule has 1 aromatic carbocycles. The summed E-state index contributed by atoms with van der Waals surface area (Å²) in [6, 6.07) is 6.79. The maximum absolute atomic E-state index is 10.4. The molecule has 7 nitrogen and oxygen atoms in total. The zero-order valence-corrected chi connectivity index (χ0v) is 8.91. The predicted octanol–water partition coefficient (Wildman–Crippen LogP) is -0.243. The molecular weight excluding hydrogens is 224 g/mol. The summed E-state index contributed by atoms with van der Waals surface area (Å²) in [6.45, 7) is -0.423. The zero-order valence-electron chi connectivity index (χ0n) is 8.91. The molecule has 0 atom stereocenters. The number of nitrogens with two attached hydrogens (primary N) is 2. The standard InChI is InChI=1S/C10H12N4O3/c11-10(12)14-13-5-7-3-1-2-4-8(7)17-6-9(15)16/h1-5H,6H2,(H,15,16)(H4,11,12,14)/b13-5-. The van der Waals surface area contributed by atoms with Crippen LogP contribution in [0.25, 0.3) is 0 Å². The lowest BCUT2D eigenvalue weighted by Crippen LogP contribution is -2.21. The van der Waals surface area contributed by atoms with Gasteiger partial charge in [0.15, 0.2) is 6.61 Å². The van der Waals surface area contributed by atoms with Gasteiger partial charge in [-0.3, -0.25) is 0 Å². The quantitative estimate of drug-likeness (QED) is 0.369. The van der Waals surface area contributed by atoms with Gasteiger partial charge in [0, 0.05) is 5.56 Å². The van der Waals surface area contributed by atoms with Crippen molar-refractivity contribution in [3.63, 3.8) is 0 Å². The molecule has 0 spiro atoms. The summed E-state index contributed by atoms with van der Waals surface area (Å²) in [5, 5.41) is 15.5. The van der Waals surface area contributed by atoms with Crippen LogP contribution in [0, 0.1) is 0 Å². The summed E-state index contributed by atoms with van der Waals surface area (Å²) in [4.78, 5) is 10.4. The van der Waals surface area contributed by atoms with Crippen LogP contribution in [0.2, 0.25) is 0 Å². The Morgan fingerprint density at radius 3 is 2.76 bits per heavy atom. The predicted molar refractivity (Wildman–Crippen MR) is 63.0 cm³/mol. The number of carbonyl (C=O) groups is 1. The fraction of sp³-hybridized carbons (Fsp3) is 0.100. The van der Waals surface area contributed by atoms with Gasteiger partial charge in [0.05, 0.1) is 6.21 Å². The van der Waals surface area contributed by atoms with Crippen LogP contribution in [0.5, 0.6) is 5.75 Å². The average molecular weight is 236 g/mol. The molecule has 90 valence electrons. The van der Waals surface area contributed by atoms with Crippen LogP contribution >= 0.6 is 0 Å². The zero-order chi connectivity index (χ0) is 12.7. The van der Waals surface area contributed by atoms with Crippen molar-refractivity contribution in [1.29, 1.82) is 0 Å². The SMILES string of the molecule is NC(N)=N/N=C\c1ccccc1OCC(=O)O. The third-order valence-electron chi connectivity index (χ3n) is 1.64.